The second kappa shape index (κ2) is 4.81. The molecule has 88 valence electrons. The zero-order chi connectivity index (χ0) is 10.7. The molecule has 1 aliphatic heterocycles. The molecule has 0 radical (unpaired) electrons. The van der Waals surface area contributed by atoms with Crippen molar-refractivity contribution >= 4 is 0 Å². The quantitative estimate of drug-likeness (QED) is 0.738. The zero-order valence-electron chi connectivity index (χ0n) is 9.80. The van der Waals surface area contributed by atoms with Gasteiger partial charge in [0.15, 0.2) is 0 Å². The molecule has 0 bridgehead atoms. The summed E-state index contributed by atoms with van der Waals surface area (Å²) >= 11 is 0. The summed E-state index contributed by atoms with van der Waals surface area (Å²) in [7, 11) is 0. The van der Waals surface area contributed by atoms with Crippen LogP contribution in [0.1, 0.15) is 39.0 Å². The van der Waals surface area contributed by atoms with E-state index in [9.17, 15) is 0 Å². The number of hydrogen-bond acceptors (Lipinski definition) is 3. The van der Waals surface area contributed by atoms with Crippen LogP contribution in [0.25, 0.3) is 0 Å². The van der Waals surface area contributed by atoms with Crippen LogP contribution in [-0.4, -0.2) is 31.3 Å². The van der Waals surface area contributed by atoms with E-state index in [-0.39, 0.29) is 5.60 Å². The van der Waals surface area contributed by atoms with Crippen LogP contribution in [0, 0.1) is 5.92 Å². The van der Waals surface area contributed by atoms with E-state index in [1.54, 1.807) is 0 Å². The van der Waals surface area contributed by atoms with Gasteiger partial charge in [0.2, 0.25) is 0 Å². The van der Waals surface area contributed by atoms with Crippen molar-refractivity contribution in [1.82, 2.24) is 5.32 Å². The maximum Gasteiger partial charge on any atom is 0.0779 e. The van der Waals surface area contributed by atoms with Gasteiger partial charge in [-0.25, -0.2) is 0 Å². The molecule has 3 atom stereocenters. The SMILES string of the molecule is CC1(CNCC2CCC(N)C2)CCCO1. The van der Waals surface area contributed by atoms with Crippen LogP contribution in [0.3, 0.4) is 0 Å². The summed E-state index contributed by atoms with van der Waals surface area (Å²) in [5.41, 5.74) is 5.99. The third-order valence-electron chi connectivity index (χ3n) is 3.81. The van der Waals surface area contributed by atoms with Gasteiger partial charge in [-0.2, -0.15) is 0 Å². The highest BCUT2D eigenvalue weighted by atomic mass is 16.5. The molecule has 0 spiro atoms. The lowest BCUT2D eigenvalue weighted by Gasteiger charge is -2.24. The van der Waals surface area contributed by atoms with Gasteiger partial charge in [0, 0.05) is 19.2 Å². The normalized spacial score (nSPS) is 41.2. The Kier molecular flexibility index (Phi) is 3.65. The monoisotopic (exact) mass is 212 g/mol. The number of nitrogens with one attached hydrogen (secondary N) is 1. The van der Waals surface area contributed by atoms with E-state index in [1.807, 2.05) is 0 Å². The Morgan fingerprint density at radius 1 is 1.47 bits per heavy atom. The fourth-order valence-corrected chi connectivity index (χ4v) is 2.82. The minimum absolute atomic E-state index is 0.0979. The van der Waals surface area contributed by atoms with Crippen LogP contribution in [0.5, 0.6) is 0 Å². The average Bonchev–Trinajstić information content (AvgIpc) is 2.76. The van der Waals surface area contributed by atoms with Crippen molar-refractivity contribution in [3.8, 4) is 0 Å². The average molecular weight is 212 g/mol. The topological polar surface area (TPSA) is 47.3 Å². The highest BCUT2D eigenvalue weighted by Crippen LogP contribution is 2.25. The molecule has 3 nitrogen and oxygen atoms in total. The molecule has 1 saturated heterocycles. The van der Waals surface area contributed by atoms with Crippen molar-refractivity contribution < 1.29 is 4.74 Å². The smallest absolute Gasteiger partial charge is 0.0779 e. The van der Waals surface area contributed by atoms with Gasteiger partial charge in [-0.1, -0.05) is 0 Å². The van der Waals surface area contributed by atoms with Crippen LogP contribution < -0.4 is 11.1 Å². The van der Waals surface area contributed by atoms with Crippen molar-refractivity contribution in [2.75, 3.05) is 19.7 Å². The first-order valence-corrected chi connectivity index (χ1v) is 6.28. The highest BCUT2D eigenvalue weighted by Gasteiger charge is 2.29. The van der Waals surface area contributed by atoms with Crippen molar-refractivity contribution in [2.45, 2.75) is 50.7 Å². The van der Waals surface area contributed by atoms with E-state index in [2.05, 4.69) is 12.2 Å². The van der Waals surface area contributed by atoms with E-state index in [0.29, 0.717) is 6.04 Å². The van der Waals surface area contributed by atoms with Crippen molar-refractivity contribution in [3.63, 3.8) is 0 Å². The van der Waals surface area contributed by atoms with Crippen LogP contribution >= 0.6 is 0 Å². The largest absolute Gasteiger partial charge is 0.374 e. The van der Waals surface area contributed by atoms with Gasteiger partial charge < -0.3 is 15.8 Å². The lowest BCUT2D eigenvalue weighted by molar-refractivity contribution is 0.0203. The standard InChI is InChI=1S/C12H24N2O/c1-12(5-2-6-15-12)9-14-8-10-3-4-11(13)7-10/h10-11,14H,2-9,13H2,1H3. The molecule has 0 amide bonds. The third-order valence-corrected chi connectivity index (χ3v) is 3.81. The number of ether oxygens (including phenoxy) is 1. The zero-order valence-corrected chi connectivity index (χ0v) is 9.80. The minimum Gasteiger partial charge on any atom is -0.374 e. The third kappa shape index (κ3) is 3.16. The Bertz CT molecular complexity index is 202. The summed E-state index contributed by atoms with van der Waals surface area (Å²) in [6.45, 7) is 5.27. The van der Waals surface area contributed by atoms with Gasteiger partial charge in [0.05, 0.1) is 5.60 Å². The van der Waals surface area contributed by atoms with Gasteiger partial charge in [-0.3, -0.25) is 0 Å². The summed E-state index contributed by atoms with van der Waals surface area (Å²) in [5.74, 6) is 0.796. The molecule has 3 unspecified atom stereocenters. The van der Waals surface area contributed by atoms with Gasteiger partial charge in [0.1, 0.15) is 0 Å². The molecular formula is C12H24N2O. The van der Waals surface area contributed by atoms with E-state index >= 15 is 0 Å². The van der Waals surface area contributed by atoms with Crippen molar-refractivity contribution in [3.05, 3.63) is 0 Å². The van der Waals surface area contributed by atoms with Gasteiger partial charge in [0.25, 0.3) is 0 Å². The Morgan fingerprint density at radius 3 is 2.93 bits per heavy atom. The molecule has 2 rings (SSSR count). The summed E-state index contributed by atoms with van der Waals surface area (Å²) in [6, 6.07) is 0.454. The number of nitrogens with two attached hydrogens (primary N) is 1. The van der Waals surface area contributed by atoms with Crippen LogP contribution in [0.2, 0.25) is 0 Å². The summed E-state index contributed by atoms with van der Waals surface area (Å²) in [6.07, 6.45) is 6.12. The predicted octanol–water partition coefficient (Wildman–Crippen LogP) is 1.27. The fourth-order valence-electron chi connectivity index (χ4n) is 2.82. The second-order valence-corrected chi connectivity index (χ2v) is 5.47. The first kappa shape index (κ1) is 11.4. The van der Waals surface area contributed by atoms with Crippen LogP contribution in [0.4, 0.5) is 0 Å². The Hall–Kier alpha value is -0.120. The van der Waals surface area contributed by atoms with Crippen LogP contribution in [0.15, 0.2) is 0 Å². The van der Waals surface area contributed by atoms with Gasteiger partial charge >= 0.3 is 0 Å². The van der Waals surface area contributed by atoms with E-state index in [1.165, 1.54) is 32.1 Å². The van der Waals surface area contributed by atoms with Gasteiger partial charge in [-0.05, 0) is 51.5 Å². The Morgan fingerprint density at radius 2 is 2.33 bits per heavy atom. The highest BCUT2D eigenvalue weighted by molar-refractivity contribution is 4.84. The molecule has 1 saturated carbocycles. The van der Waals surface area contributed by atoms with Gasteiger partial charge in [-0.15, -0.1) is 0 Å². The maximum atomic E-state index is 5.89. The lowest BCUT2D eigenvalue weighted by Crippen LogP contribution is -2.39. The summed E-state index contributed by atoms with van der Waals surface area (Å²) in [4.78, 5) is 0. The molecular weight excluding hydrogens is 188 g/mol. The van der Waals surface area contributed by atoms with Crippen LogP contribution in [-0.2, 0) is 4.74 Å². The molecule has 1 heterocycles. The lowest BCUT2D eigenvalue weighted by atomic mass is 10.0. The van der Waals surface area contributed by atoms with Crippen molar-refractivity contribution in [2.24, 2.45) is 11.7 Å². The molecule has 0 aromatic heterocycles. The van der Waals surface area contributed by atoms with E-state index in [0.717, 1.165) is 25.6 Å². The molecule has 15 heavy (non-hydrogen) atoms. The Labute approximate surface area is 92.7 Å². The fraction of sp³-hybridized carbons (Fsp3) is 1.00. The second-order valence-electron chi connectivity index (χ2n) is 5.47. The maximum absolute atomic E-state index is 5.89. The number of rotatable bonds is 4. The summed E-state index contributed by atoms with van der Waals surface area (Å²) < 4.78 is 5.74. The molecule has 3 N–H and O–H groups in total. The molecule has 3 heteroatoms. The first-order chi connectivity index (χ1) is 7.18. The van der Waals surface area contributed by atoms with E-state index in [4.69, 9.17) is 10.5 Å². The predicted molar refractivity (Wildman–Crippen MR) is 61.8 cm³/mol. The molecule has 0 aromatic carbocycles. The molecule has 1 aliphatic carbocycles. The van der Waals surface area contributed by atoms with Crippen molar-refractivity contribution in [1.29, 1.82) is 0 Å². The molecule has 2 aliphatic rings. The number of hydrogen-bond donors (Lipinski definition) is 2. The van der Waals surface area contributed by atoms with E-state index < -0.39 is 0 Å². The minimum atomic E-state index is 0.0979. The summed E-state index contributed by atoms with van der Waals surface area (Å²) in [5, 5.41) is 3.55. The molecule has 2 fully saturated rings. The Balaban J connectivity index is 1.62. The first-order valence-electron chi connectivity index (χ1n) is 6.28. The molecule has 0 aromatic rings.